The van der Waals surface area contributed by atoms with Gasteiger partial charge in [0.15, 0.2) is 6.61 Å². The van der Waals surface area contributed by atoms with Crippen molar-refractivity contribution in [3.63, 3.8) is 0 Å². The molecule has 1 saturated carbocycles. The van der Waals surface area contributed by atoms with Gasteiger partial charge in [0.25, 0.3) is 11.8 Å². The zero-order valence-electron chi connectivity index (χ0n) is 15.2. The summed E-state index contributed by atoms with van der Waals surface area (Å²) >= 11 is 5.89. The molecule has 28 heavy (non-hydrogen) atoms. The van der Waals surface area contributed by atoms with Crippen molar-refractivity contribution >= 4 is 35.1 Å². The summed E-state index contributed by atoms with van der Waals surface area (Å²) in [6.07, 6.45) is 1.92. The van der Waals surface area contributed by atoms with E-state index in [1.54, 1.807) is 30.3 Å². The van der Waals surface area contributed by atoms with Crippen molar-refractivity contribution < 1.29 is 23.9 Å². The van der Waals surface area contributed by atoms with Crippen LogP contribution in [0.1, 0.15) is 33.6 Å². The van der Waals surface area contributed by atoms with Gasteiger partial charge in [-0.3, -0.25) is 9.59 Å². The molecule has 0 aliphatic heterocycles. The Morgan fingerprint density at radius 2 is 1.86 bits per heavy atom. The standard InChI is InChI=1S/C20H19ClN2O5/c1-27-17-9-6-12(21)10-15(17)20(26)28-11-18(24)23-16-5-3-2-4-14(16)19(25)22-13-7-8-13/h2-6,9-10,13H,7-8,11H2,1H3,(H,22,25)(H,23,24). The fraction of sp³-hybridized carbons (Fsp3) is 0.250. The highest BCUT2D eigenvalue weighted by molar-refractivity contribution is 6.31. The van der Waals surface area contributed by atoms with E-state index in [4.69, 9.17) is 21.1 Å². The predicted octanol–water partition coefficient (Wildman–Crippen LogP) is 3.04. The number of methoxy groups -OCH3 is 1. The Bertz CT molecular complexity index is 911. The van der Waals surface area contributed by atoms with Crippen LogP contribution in [0.25, 0.3) is 0 Å². The Morgan fingerprint density at radius 3 is 2.57 bits per heavy atom. The Kier molecular flexibility index (Phi) is 6.16. The minimum atomic E-state index is -0.741. The molecule has 1 aliphatic rings. The summed E-state index contributed by atoms with van der Waals surface area (Å²) in [6.45, 7) is -0.521. The number of carbonyl (C=O) groups excluding carboxylic acids is 3. The minimum absolute atomic E-state index is 0.118. The molecule has 1 aliphatic carbocycles. The highest BCUT2D eigenvalue weighted by atomic mass is 35.5. The lowest BCUT2D eigenvalue weighted by molar-refractivity contribution is -0.119. The van der Waals surface area contributed by atoms with Crippen molar-refractivity contribution in [2.75, 3.05) is 19.0 Å². The number of para-hydroxylation sites is 1. The van der Waals surface area contributed by atoms with Gasteiger partial charge in [-0.1, -0.05) is 23.7 Å². The molecule has 2 N–H and O–H groups in total. The number of hydrogen-bond donors (Lipinski definition) is 2. The third-order valence-electron chi connectivity index (χ3n) is 4.07. The third-order valence-corrected chi connectivity index (χ3v) is 4.31. The van der Waals surface area contributed by atoms with Crippen molar-refractivity contribution in [2.45, 2.75) is 18.9 Å². The summed E-state index contributed by atoms with van der Waals surface area (Å²) < 4.78 is 10.1. The topological polar surface area (TPSA) is 93.7 Å². The summed E-state index contributed by atoms with van der Waals surface area (Å²) in [5, 5.41) is 5.81. The normalized spacial score (nSPS) is 12.8. The number of amides is 2. The lowest BCUT2D eigenvalue weighted by Crippen LogP contribution is -2.28. The van der Waals surface area contributed by atoms with Crippen molar-refractivity contribution in [1.29, 1.82) is 0 Å². The molecule has 8 heteroatoms. The van der Waals surface area contributed by atoms with E-state index in [9.17, 15) is 14.4 Å². The Morgan fingerprint density at radius 1 is 1.11 bits per heavy atom. The molecule has 0 radical (unpaired) electrons. The van der Waals surface area contributed by atoms with Crippen molar-refractivity contribution in [1.82, 2.24) is 5.32 Å². The van der Waals surface area contributed by atoms with Crippen LogP contribution in [0.3, 0.4) is 0 Å². The first-order chi connectivity index (χ1) is 13.5. The molecule has 0 bridgehead atoms. The van der Waals surface area contributed by atoms with Crippen LogP contribution in [0.5, 0.6) is 5.75 Å². The van der Waals surface area contributed by atoms with Gasteiger partial charge in [-0.25, -0.2) is 4.79 Å². The van der Waals surface area contributed by atoms with Gasteiger partial charge in [0.1, 0.15) is 11.3 Å². The molecule has 0 saturated heterocycles. The van der Waals surface area contributed by atoms with Gasteiger partial charge in [0, 0.05) is 11.1 Å². The van der Waals surface area contributed by atoms with Gasteiger partial charge >= 0.3 is 5.97 Å². The number of anilines is 1. The van der Waals surface area contributed by atoms with Crippen LogP contribution < -0.4 is 15.4 Å². The van der Waals surface area contributed by atoms with Crippen molar-refractivity contribution in [3.8, 4) is 5.75 Å². The van der Waals surface area contributed by atoms with Crippen LogP contribution in [0.2, 0.25) is 5.02 Å². The molecule has 0 spiro atoms. The van der Waals surface area contributed by atoms with Crippen LogP contribution in [-0.4, -0.2) is 37.5 Å². The van der Waals surface area contributed by atoms with E-state index >= 15 is 0 Å². The van der Waals surface area contributed by atoms with Crippen LogP contribution in [0.15, 0.2) is 42.5 Å². The maximum Gasteiger partial charge on any atom is 0.342 e. The number of carbonyl (C=O) groups is 3. The van der Waals surface area contributed by atoms with E-state index in [1.807, 2.05) is 0 Å². The third kappa shape index (κ3) is 5.01. The predicted molar refractivity (Wildman–Crippen MR) is 104 cm³/mol. The zero-order chi connectivity index (χ0) is 20.1. The lowest BCUT2D eigenvalue weighted by Gasteiger charge is -2.12. The van der Waals surface area contributed by atoms with Crippen molar-refractivity contribution in [3.05, 3.63) is 58.6 Å². The summed E-state index contributed by atoms with van der Waals surface area (Å²) in [5.74, 6) is -1.27. The van der Waals surface area contributed by atoms with Gasteiger partial charge < -0.3 is 20.1 Å². The molecule has 2 aromatic rings. The molecule has 0 atom stereocenters. The van der Waals surface area contributed by atoms with E-state index in [1.165, 1.54) is 19.2 Å². The summed E-state index contributed by atoms with van der Waals surface area (Å²) in [6, 6.07) is 11.4. The smallest absolute Gasteiger partial charge is 0.342 e. The first kappa shape index (κ1) is 19.7. The average Bonchev–Trinajstić information content (AvgIpc) is 3.50. The molecule has 0 unspecified atom stereocenters. The molecule has 3 rings (SSSR count). The second kappa shape index (κ2) is 8.75. The first-order valence-electron chi connectivity index (χ1n) is 8.68. The van der Waals surface area contributed by atoms with Crippen molar-refractivity contribution in [2.24, 2.45) is 0 Å². The number of hydrogen-bond acceptors (Lipinski definition) is 5. The minimum Gasteiger partial charge on any atom is -0.496 e. The highest BCUT2D eigenvalue weighted by Gasteiger charge is 2.25. The number of nitrogens with one attached hydrogen (secondary N) is 2. The van der Waals surface area contributed by atoms with Crippen LogP contribution in [0, 0.1) is 0 Å². The van der Waals surface area contributed by atoms with Crippen LogP contribution in [-0.2, 0) is 9.53 Å². The number of benzene rings is 2. The Hall–Kier alpha value is -3.06. The van der Waals surface area contributed by atoms with E-state index in [0.717, 1.165) is 12.8 Å². The second-order valence-corrected chi connectivity index (χ2v) is 6.70. The first-order valence-corrected chi connectivity index (χ1v) is 9.06. The summed E-state index contributed by atoms with van der Waals surface area (Å²) in [4.78, 5) is 36.7. The van der Waals surface area contributed by atoms with Crippen LogP contribution in [0.4, 0.5) is 5.69 Å². The fourth-order valence-electron chi connectivity index (χ4n) is 2.52. The molecular formula is C20H19ClN2O5. The van der Waals surface area contributed by atoms with E-state index in [2.05, 4.69) is 10.6 Å². The summed E-state index contributed by atoms with van der Waals surface area (Å²) in [5.41, 5.74) is 0.819. The Labute approximate surface area is 167 Å². The maximum atomic E-state index is 12.3. The molecule has 1 fully saturated rings. The number of esters is 1. The quantitative estimate of drug-likeness (QED) is 0.694. The second-order valence-electron chi connectivity index (χ2n) is 6.26. The van der Waals surface area contributed by atoms with Gasteiger partial charge in [-0.2, -0.15) is 0 Å². The number of ether oxygens (including phenoxy) is 2. The average molecular weight is 403 g/mol. The zero-order valence-corrected chi connectivity index (χ0v) is 15.9. The molecule has 2 amide bonds. The monoisotopic (exact) mass is 402 g/mol. The molecule has 7 nitrogen and oxygen atoms in total. The SMILES string of the molecule is COc1ccc(Cl)cc1C(=O)OCC(=O)Nc1ccccc1C(=O)NC1CC1. The maximum absolute atomic E-state index is 12.3. The summed E-state index contributed by atoms with van der Waals surface area (Å²) in [7, 11) is 1.41. The Balaban J connectivity index is 1.61. The molecule has 0 aromatic heterocycles. The number of halogens is 1. The molecule has 0 heterocycles. The van der Waals surface area contributed by atoms with E-state index in [-0.39, 0.29) is 23.3 Å². The highest BCUT2D eigenvalue weighted by Crippen LogP contribution is 2.24. The lowest BCUT2D eigenvalue weighted by atomic mass is 10.1. The van der Waals surface area contributed by atoms with Gasteiger partial charge in [0.05, 0.1) is 18.4 Å². The molecule has 2 aromatic carbocycles. The largest absolute Gasteiger partial charge is 0.496 e. The van der Waals surface area contributed by atoms with Crippen LogP contribution >= 0.6 is 11.6 Å². The van der Waals surface area contributed by atoms with Gasteiger partial charge in [0.2, 0.25) is 0 Å². The van der Waals surface area contributed by atoms with E-state index < -0.39 is 18.5 Å². The molecule has 146 valence electrons. The number of rotatable bonds is 7. The van der Waals surface area contributed by atoms with Gasteiger partial charge in [-0.05, 0) is 43.2 Å². The fourth-order valence-corrected chi connectivity index (χ4v) is 2.69. The van der Waals surface area contributed by atoms with E-state index in [0.29, 0.717) is 16.3 Å². The molecular weight excluding hydrogens is 384 g/mol. The van der Waals surface area contributed by atoms with Gasteiger partial charge in [-0.15, -0.1) is 0 Å².